The first-order valence-electron chi connectivity index (χ1n) is 5.35. The molecule has 0 unspecified atom stereocenters. The third kappa shape index (κ3) is 3.56. The highest BCUT2D eigenvalue weighted by Crippen LogP contribution is 2.21. The largest absolute Gasteiger partial charge is 0.478 e. The van der Waals surface area contributed by atoms with Crippen molar-refractivity contribution in [3.8, 4) is 0 Å². The number of nitrogens with zero attached hydrogens (tertiary/aromatic N) is 1. The first kappa shape index (κ1) is 14.2. The molecule has 0 aromatic carbocycles. The second-order valence-electron chi connectivity index (χ2n) is 3.85. The van der Waals surface area contributed by atoms with Crippen molar-refractivity contribution in [2.24, 2.45) is 0 Å². The number of hydrogen-bond donors (Lipinski definition) is 2. The number of carboxylic acid groups (broad SMARTS) is 1. The highest BCUT2D eigenvalue weighted by atomic mass is 35.5. The van der Waals surface area contributed by atoms with Gasteiger partial charge in [-0.1, -0.05) is 0 Å². The van der Waals surface area contributed by atoms with E-state index in [4.69, 9.17) is 5.11 Å². The van der Waals surface area contributed by atoms with E-state index in [-0.39, 0.29) is 18.3 Å². The molecule has 5 nitrogen and oxygen atoms in total. The number of amides is 1. The van der Waals surface area contributed by atoms with Crippen LogP contribution in [0.15, 0.2) is 18.3 Å². The van der Waals surface area contributed by atoms with Crippen molar-refractivity contribution in [2.75, 3.05) is 5.32 Å². The van der Waals surface area contributed by atoms with Crippen LogP contribution in [0.2, 0.25) is 0 Å². The SMILES string of the molecule is Cl.O=C(O)C=Cc1cnc2c(c1)CCCC(=O)N2. The smallest absolute Gasteiger partial charge is 0.328 e. The van der Waals surface area contributed by atoms with Gasteiger partial charge in [-0.2, -0.15) is 0 Å². The molecule has 2 heterocycles. The fourth-order valence-electron chi connectivity index (χ4n) is 1.72. The van der Waals surface area contributed by atoms with Gasteiger partial charge in [0.2, 0.25) is 5.91 Å². The Morgan fingerprint density at radius 2 is 2.22 bits per heavy atom. The van der Waals surface area contributed by atoms with Crippen molar-refractivity contribution in [3.63, 3.8) is 0 Å². The first-order chi connectivity index (χ1) is 8.15. The topological polar surface area (TPSA) is 79.3 Å². The molecule has 0 saturated carbocycles. The fourth-order valence-corrected chi connectivity index (χ4v) is 1.72. The van der Waals surface area contributed by atoms with Crippen LogP contribution in [0.5, 0.6) is 0 Å². The van der Waals surface area contributed by atoms with E-state index in [0.717, 1.165) is 30.0 Å². The summed E-state index contributed by atoms with van der Waals surface area (Å²) in [6, 6.07) is 1.85. The predicted octanol–water partition coefficient (Wildman–Crippen LogP) is 1.88. The number of anilines is 1. The third-order valence-electron chi connectivity index (χ3n) is 2.51. The molecule has 18 heavy (non-hydrogen) atoms. The minimum atomic E-state index is -0.992. The van der Waals surface area contributed by atoms with Gasteiger partial charge in [-0.3, -0.25) is 4.79 Å². The number of aromatic nitrogens is 1. The number of aryl methyl sites for hydroxylation is 1. The summed E-state index contributed by atoms with van der Waals surface area (Å²) in [4.78, 5) is 25.8. The Hall–Kier alpha value is -1.88. The lowest BCUT2D eigenvalue weighted by Gasteiger charge is -2.05. The summed E-state index contributed by atoms with van der Waals surface area (Å²) >= 11 is 0. The number of fused-ring (bicyclic) bond motifs is 1. The molecule has 1 aromatic heterocycles. The summed E-state index contributed by atoms with van der Waals surface area (Å²) < 4.78 is 0. The Labute approximate surface area is 110 Å². The van der Waals surface area contributed by atoms with Crippen LogP contribution >= 0.6 is 12.4 Å². The van der Waals surface area contributed by atoms with Gasteiger partial charge in [0.1, 0.15) is 5.82 Å². The molecule has 0 aliphatic carbocycles. The molecule has 6 heteroatoms. The van der Waals surface area contributed by atoms with Gasteiger partial charge in [-0.25, -0.2) is 9.78 Å². The molecule has 1 amide bonds. The second-order valence-corrected chi connectivity index (χ2v) is 3.85. The van der Waals surface area contributed by atoms with Crippen LogP contribution in [0, 0.1) is 0 Å². The summed E-state index contributed by atoms with van der Waals surface area (Å²) in [7, 11) is 0. The van der Waals surface area contributed by atoms with Gasteiger partial charge in [-0.15, -0.1) is 12.4 Å². The monoisotopic (exact) mass is 268 g/mol. The zero-order valence-corrected chi connectivity index (χ0v) is 10.4. The summed E-state index contributed by atoms with van der Waals surface area (Å²) in [5, 5.41) is 11.3. The fraction of sp³-hybridized carbons (Fsp3) is 0.250. The number of carbonyl (C=O) groups excluding carboxylic acids is 1. The van der Waals surface area contributed by atoms with Crippen molar-refractivity contribution < 1.29 is 14.7 Å². The second kappa shape index (κ2) is 6.16. The molecule has 0 bridgehead atoms. The quantitative estimate of drug-likeness (QED) is 0.803. The van der Waals surface area contributed by atoms with Gasteiger partial charge in [-0.05, 0) is 36.1 Å². The van der Waals surface area contributed by atoms with Crippen molar-refractivity contribution in [2.45, 2.75) is 19.3 Å². The Bertz CT molecular complexity index is 500. The average molecular weight is 269 g/mol. The number of pyridine rings is 1. The molecular formula is C12H13ClN2O3. The van der Waals surface area contributed by atoms with Crippen LogP contribution in [-0.4, -0.2) is 22.0 Å². The Balaban J connectivity index is 0.00000162. The van der Waals surface area contributed by atoms with Crippen LogP contribution in [-0.2, 0) is 16.0 Å². The van der Waals surface area contributed by atoms with Crippen LogP contribution in [0.25, 0.3) is 6.08 Å². The molecule has 0 saturated heterocycles. The number of rotatable bonds is 2. The molecule has 0 spiro atoms. The molecule has 0 radical (unpaired) electrons. The van der Waals surface area contributed by atoms with Crippen LogP contribution < -0.4 is 5.32 Å². The number of aliphatic carboxylic acids is 1. The molecule has 0 fully saturated rings. The average Bonchev–Trinajstić information content (AvgIpc) is 2.46. The van der Waals surface area contributed by atoms with E-state index in [1.54, 1.807) is 6.20 Å². The lowest BCUT2D eigenvalue weighted by Crippen LogP contribution is -2.10. The molecule has 1 aromatic rings. The molecule has 0 atom stereocenters. The maximum atomic E-state index is 11.3. The van der Waals surface area contributed by atoms with E-state index in [0.29, 0.717) is 12.2 Å². The minimum Gasteiger partial charge on any atom is -0.478 e. The molecule has 1 aliphatic rings. The zero-order valence-electron chi connectivity index (χ0n) is 9.55. The van der Waals surface area contributed by atoms with Crippen molar-refractivity contribution in [1.82, 2.24) is 4.98 Å². The van der Waals surface area contributed by atoms with Gasteiger partial charge in [0.05, 0.1) is 0 Å². The highest BCUT2D eigenvalue weighted by Gasteiger charge is 2.13. The Morgan fingerprint density at radius 3 is 2.94 bits per heavy atom. The van der Waals surface area contributed by atoms with Crippen molar-refractivity contribution in [3.05, 3.63) is 29.5 Å². The number of nitrogens with one attached hydrogen (secondary N) is 1. The molecule has 96 valence electrons. The minimum absolute atomic E-state index is 0. The maximum Gasteiger partial charge on any atom is 0.328 e. The van der Waals surface area contributed by atoms with Crippen molar-refractivity contribution >= 4 is 36.2 Å². The maximum absolute atomic E-state index is 11.3. The number of carboxylic acids is 1. The Morgan fingerprint density at radius 1 is 1.44 bits per heavy atom. The Kier molecular flexibility index (Phi) is 4.85. The lowest BCUT2D eigenvalue weighted by molar-refractivity contribution is -0.131. The van der Waals surface area contributed by atoms with Crippen LogP contribution in [0.4, 0.5) is 5.82 Å². The number of halogens is 1. The van der Waals surface area contributed by atoms with E-state index >= 15 is 0 Å². The molecular weight excluding hydrogens is 256 g/mol. The summed E-state index contributed by atoms with van der Waals surface area (Å²) in [6.45, 7) is 0. The zero-order chi connectivity index (χ0) is 12.3. The normalized spacial score (nSPS) is 14.3. The molecule has 1 aliphatic heterocycles. The number of carbonyl (C=O) groups is 2. The van der Waals surface area contributed by atoms with E-state index < -0.39 is 5.97 Å². The van der Waals surface area contributed by atoms with E-state index in [1.165, 1.54) is 6.08 Å². The van der Waals surface area contributed by atoms with Gasteiger partial charge in [0.15, 0.2) is 0 Å². The predicted molar refractivity (Wildman–Crippen MR) is 69.7 cm³/mol. The van der Waals surface area contributed by atoms with Crippen molar-refractivity contribution in [1.29, 1.82) is 0 Å². The highest BCUT2D eigenvalue weighted by molar-refractivity contribution is 5.91. The van der Waals surface area contributed by atoms with E-state index in [9.17, 15) is 9.59 Å². The van der Waals surface area contributed by atoms with Crippen LogP contribution in [0.1, 0.15) is 24.0 Å². The van der Waals surface area contributed by atoms with Gasteiger partial charge in [0, 0.05) is 18.7 Å². The first-order valence-corrected chi connectivity index (χ1v) is 5.35. The summed E-state index contributed by atoms with van der Waals surface area (Å²) in [5.74, 6) is -0.432. The standard InChI is InChI=1S/C12H12N2O3.ClH/c15-10-3-1-2-9-6-8(4-5-11(16)17)7-13-12(9)14-10;/h4-7H,1-3H2,(H,16,17)(H,13,14,15);1H. The van der Waals surface area contributed by atoms with Gasteiger partial charge < -0.3 is 10.4 Å². The number of hydrogen-bond acceptors (Lipinski definition) is 3. The van der Waals surface area contributed by atoms with E-state index in [1.807, 2.05) is 6.07 Å². The summed E-state index contributed by atoms with van der Waals surface area (Å²) in [6.07, 6.45) is 6.16. The molecule has 2 N–H and O–H groups in total. The lowest BCUT2D eigenvalue weighted by atomic mass is 10.1. The van der Waals surface area contributed by atoms with Crippen LogP contribution in [0.3, 0.4) is 0 Å². The van der Waals surface area contributed by atoms with E-state index in [2.05, 4.69) is 10.3 Å². The van der Waals surface area contributed by atoms with Gasteiger partial charge in [0.25, 0.3) is 0 Å². The third-order valence-corrected chi connectivity index (χ3v) is 2.51. The summed E-state index contributed by atoms with van der Waals surface area (Å²) in [5.41, 5.74) is 1.67. The molecule has 2 rings (SSSR count). The van der Waals surface area contributed by atoms with Gasteiger partial charge >= 0.3 is 5.97 Å².